The summed E-state index contributed by atoms with van der Waals surface area (Å²) in [4.78, 5) is 14.0. The fourth-order valence-electron chi connectivity index (χ4n) is 1.28. The van der Waals surface area contributed by atoms with Crippen molar-refractivity contribution >= 4 is 5.69 Å². The fraction of sp³-hybridized carbons (Fsp3) is 0.111. The summed E-state index contributed by atoms with van der Waals surface area (Å²) in [6.45, 7) is 1.73. The van der Waals surface area contributed by atoms with E-state index in [4.69, 9.17) is 0 Å². The lowest BCUT2D eigenvalue weighted by Gasteiger charge is -1.98. The number of nitro benzene ring substituents is 1. The zero-order valence-corrected chi connectivity index (χ0v) is 8.34. The topological polar surface area (TPSA) is 105 Å². The molecule has 0 fully saturated rings. The van der Waals surface area contributed by atoms with Gasteiger partial charge < -0.3 is 5.11 Å². The lowest BCUT2D eigenvalue weighted by molar-refractivity contribution is -0.385. The molecular weight excluding hydrogens is 212 g/mol. The molecule has 82 valence electrons. The summed E-state index contributed by atoms with van der Waals surface area (Å²) in [5, 5.41) is 26.4. The van der Waals surface area contributed by atoms with Crippen molar-refractivity contribution in [2.24, 2.45) is 0 Å². The number of rotatable bonds is 2. The van der Waals surface area contributed by atoms with Gasteiger partial charge in [0.25, 0.3) is 0 Å². The summed E-state index contributed by atoms with van der Waals surface area (Å²) in [7, 11) is 0. The number of hydrogen-bond donors (Lipinski definition) is 2. The number of aromatic hydroxyl groups is 1. The Hall–Kier alpha value is -2.44. The standard InChI is InChI=1S/C9H8N4O3/c1-5-10-9(12-11-5)6-2-3-8(14)7(4-6)13(15)16/h2-4,14H,1H3,(H,10,11,12). The van der Waals surface area contributed by atoms with Crippen LogP contribution in [0.2, 0.25) is 0 Å². The lowest BCUT2D eigenvalue weighted by Crippen LogP contribution is -1.90. The fourth-order valence-corrected chi connectivity index (χ4v) is 1.28. The Morgan fingerprint density at radius 1 is 1.50 bits per heavy atom. The quantitative estimate of drug-likeness (QED) is 0.587. The SMILES string of the molecule is Cc1nc(-c2ccc(O)c([N+](=O)[O-])c2)n[nH]1. The Morgan fingerprint density at radius 3 is 2.81 bits per heavy atom. The van der Waals surface area contributed by atoms with Crippen molar-refractivity contribution in [3.63, 3.8) is 0 Å². The summed E-state index contributed by atoms with van der Waals surface area (Å²) in [6, 6.07) is 4.00. The van der Waals surface area contributed by atoms with Gasteiger partial charge in [-0.1, -0.05) is 0 Å². The number of aryl methyl sites for hydroxylation is 1. The first-order valence-electron chi connectivity index (χ1n) is 4.44. The molecule has 0 bridgehead atoms. The number of aromatic nitrogens is 3. The van der Waals surface area contributed by atoms with E-state index in [9.17, 15) is 15.2 Å². The average Bonchev–Trinajstić information content (AvgIpc) is 2.65. The molecule has 0 aliphatic heterocycles. The van der Waals surface area contributed by atoms with Crippen LogP contribution in [0.5, 0.6) is 5.75 Å². The van der Waals surface area contributed by atoms with Crippen LogP contribution in [0.25, 0.3) is 11.4 Å². The molecule has 16 heavy (non-hydrogen) atoms. The smallest absolute Gasteiger partial charge is 0.311 e. The van der Waals surface area contributed by atoms with E-state index in [1.165, 1.54) is 18.2 Å². The van der Waals surface area contributed by atoms with Crippen LogP contribution in [0.15, 0.2) is 18.2 Å². The molecular formula is C9H8N4O3. The molecule has 7 nitrogen and oxygen atoms in total. The van der Waals surface area contributed by atoms with Gasteiger partial charge in [-0.3, -0.25) is 15.2 Å². The summed E-state index contributed by atoms with van der Waals surface area (Å²) in [5.74, 6) is 0.604. The van der Waals surface area contributed by atoms with Crippen molar-refractivity contribution in [1.82, 2.24) is 15.2 Å². The molecule has 0 radical (unpaired) electrons. The number of hydrogen-bond acceptors (Lipinski definition) is 5. The Kier molecular flexibility index (Phi) is 2.28. The molecule has 0 amide bonds. The number of nitro groups is 1. The Labute approximate surface area is 89.9 Å². The number of phenols is 1. The monoisotopic (exact) mass is 220 g/mol. The van der Waals surface area contributed by atoms with Crippen LogP contribution >= 0.6 is 0 Å². The third-order valence-electron chi connectivity index (χ3n) is 2.03. The Morgan fingerprint density at radius 2 is 2.25 bits per heavy atom. The van der Waals surface area contributed by atoms with Crippen molar-refractivity contribution < 1.29 is 10.0 Å². The second kappa shape index (κ2) is 3.61. The van der Waals surface area contributed by atoms with Crippen molar-refractivity contribution in [2.75, 3.05) is 0 Å². The molecule has 0 aliphatic carbocycles. The molecule has 0 atom stereocenters. The lowest BCUT2D eigenvalue weighted by atomic mass is 10.2. The van der Waals surface area contributed by atoms with Crippen LogP contribution in [-0.4, -0.2) is 25.2 Å². The summed E-state index contributed by atoms with van der Waals surface area (Å²) in [5.41, 5.74) is 0.119. The summed E-state index contributed by atoms with van der Waals surface area (Å²) >= 11 is 0. The van der Waals surface area contributed by atoms with Gasteiger partial charge in [0, 0.05) is 11.6 Å². The van der Waals surface area contributed by atoms with E-state index in [-0.39, 0.29) is 11.4 Å². The van der Waals surface area contributed by atoms with E-state index in [2.05, 4.69) is 15.2 Å². The van der Waals surface area contributed by atoms with Crippen LogP contribution in [0.4, 0.5) is 5.69 Å². The van der Waals surface area contributed by atoms with Crippen LogP contribution in [0.3, 0.4) is 0 Å². The first kappa shape index (κ1) is 10.1. The molecule has 0 saturated carbocycles. The highest BCUT2D eigenvalue weighted by molar-refractivity contribution is 5.62. The van der Waals surface area contributed by atoms with Crippen molar-refractivity contribution in [1.29, 1.82) is 0 Å². The number of H-pyrrole nitrogens is 1. The Bertz CT molecular complexity index is 549. The highest BCUT2D eigenvalue weighted by Gasteiger charge is 2.15. The van der Waals surface area contributed by atoms with Crippen molar-refractivity contribution in [2.45, 2.75) is 6.92 Å². The zero-order valence-electron chi connectivity index (χ0n) is 8.34. The second-order valence-corrected chi connectivity index (χ2v) is 3.21. The van der Waals surface area contributed by atoms with Crippen molar-refractivity contribution in [3.05, 3.63) is 34.1 Å². The van der Waals surface area contributed by atoms with Crippen LogP contribution < -0.4 is 0 Å². The highest BCUT2D eigenvalue weighted by Crippen LogP contribution is 2.29. The normalized spacial score (nSPS) is 10.3. The number of aromatic amines is 1. The van der Waals surface area contributed by atoms with Gasteiger partial charge >= 0.3 is 5.69 Å². The molecule has 1 aromatic carbocycles. The summed E-state index contributed by atoms with van der Waals surface area (Å²) in [6.07, 6.45) is 0. The van der Waals surface area contributed by atoms with E-state index >= 15 is 0 Å². The molecule has 2 aromatic rings. The first-order chi connectivity index (χ1) is 7.58. The van der Waals surface area contributed by atoms with Crippen molar-refractivity contribution in [3.8, 4) is 17.1 Å². The molecule has 7 heteroatoms. The number of nitrogens with one attached hydrogen (secondary N) is 1. The minimum Gasteiger partial charge on any atom is -0.502 e. The minimum absolute atomic E-state index is 0.361. The maximum Gasteiger partial charge on any atom is 0.311 e. The molecule has 0 aliphatic rings. The van der Waals surface area contributed by atoms with Gasteiger partial charge in [-0.2, -0.15) is 5.10 Å². The van der Waals surface area contributed by atoms with Gasteiger partial charge in [-0.25, -0.2) is 4.98 Å². The molecule has 0 saturated heterocycles. The van der Waals surface area contributed by atoms with Crippen LogP contribution in [-0.2, 0) is 0 Å². The molecule has 0 unspecified atom stereocenters. The van der Waals surface area contributed by atoms with E-state index < -0.39 is 4.92 Å². The molecule has 1 aromatic heterocycles. The van der Waals surface area contributed by atoms with E-state index in [0.717, 1.165) is 0 Å². The Balaban J connectivity index is 2.51. The summed E-state index contributed by atoms with van der Waals surface area (Å²) < 4.78 is 0. The van der Waals surface area contributed by atoms with Gasteiger partial charge in [-0.15, -0.1) is 0 Å². The van der Waals surface area contributed by atoms with E-state index in [1.54, 1.807) is 6.92 Å². The molecule has 2 N–H and O–H groups in total. The second-order valence-electron chi connectivity index (χ2n) is 3.21. The van der Waals surface area contributed by atoms with Gasteiger partial charge in [0.15, 0.2) is 11.6 Å². The number of nitrogens with zero attached hydrogens (tertiary/aromatic N) is 3. The first-order valence-corrected chi connectivity index (χ1v) is 4.44. The minimum atomic E-state index is -0.654. The maximum atomic E-state index is 10.6. The van der Waals surface area contributed by atoms with E-state index in [0.29, 0.717) is 17.2 Å². The third-order valence-corrected chi connectivity index (χ3v) is 2.03. The maximum absolute atomic E-state index is 10.6. The molecule has 0 spiro atoms. The zero-order chi connectivity index (χ0) is 11.7. The predicted octanol–water partition coefficient (Wildman–Crippen LogP) is 1.39. The number of benzene rings is 1. The van der Waals surface area contributed by atoms with Crippen LogP contribution in [0.1, 0.15) is 5.82 Å². The average molecular weight is 220 g/mol. The number of phenolic OH excluding ortho intramolecular Hbond substituents is 1. The van der Waals surface area contributed by atoms with Gasteiger partial charge in [-0.05, 0) is 19.1 Å². The van der Waals surface area contributed by atoms with Gasteiger partial charge in [0.1, 0.15) is 5.82 Å². The largest absolute Gasteiger partial charge is 0.502 e. The third kappa shape index (κ3) is 1.70. The van der Waals surface area contributed by atoms with Gasteiger partial charge in [0.05, 0.1) is 4.92 Å². The molecule has 1 heterocycles. The van der Waals surface area contributed by atoms with Crippen LogP contribution in [0, 0.1) is 17.0 Å². The van der Waals surface area contributed by atoms with E-state index in [1.807, 2.05) is 0 Å². The van der Waals surface area contributed by atoms with Gasteiger partial charge in [0.2, 0.25) is 0 Å². The molecule has 2 rings (SSSR count). The highest BCUT2D eigenvalue weighted by atomic mass is 16.6. The predicted molar refractivity (Wildman–Crippen MR) is 54.9 cm³/mol.